The summed E-state index contributed by atoms with van der Waals surface area (Å²) in [5, 5.41) is 21.9. The van der Waals surface area contributed by atoms with Crippen LogP contribution in [0.25, 0.3) is 27.8 Å². The van der Waals surface area contributed by atoms with Crippen LogP contribution in [-0.4, -0.2) is 46.5 Å². The van der Waals surface area contributed by atoms with Crippen molar-refractivity contribution in [2.75, 3.05) is 26.4 Å². The Morgan fingerprint density at radius 3 is 1.98 bits per heavy atom. The van der Waals surface area contributed by atoms with Crippen LogP contribution < -0.4 is 18.9 Å². The highest BCUT2D eigenvalue weighted by atomic mass is 16.5. The average molecular weight is 699 g/mol. The van der Waals surface area contributed by atoms with E-state index in [2.05, 4.69) is 26.3 Å². The lowest BCUT2D eigenvalue weighted by atomic mass is 10.1. The van der Waals surface area contributed by atoms with Crippen molar-refractivity contribution in [3.05, 3.63) is 131 Å². The van der Waals surface area contributed by atoms with Gasteiger partial charge in [-0.05, 0) is 97.7 Å². The molecule has 0 unspecified atom stereocenters. The Morgan fingerprint density at radius 2 is 1.37 bits per heavy atom. The largest absolute Gasteiger partial charge is 0.494 e. The Morgan fingerprint density at radius 1 is 0.750 bits per heavy atom. The molecule has 4 aromatic carbocycles. The van der Waals surface area contributed by atoms with Crippen molar-refractivity contribution in [2.45, 2.75) is 45.1 Å². The summed E-state index contributed by atoms with van der Waals surface area (Å²) in [7, 11) is 0. The van der Waals surface area contributed by atoms with Gasteiger partial charge in [0, 0.05) is 22.7 Å². The minimum atomic E-state index is -0.0976. The van der Waals surface area contributed by atoms with E-state index in [0.29, 0.717) is 60.6 Å². The fraction of sp³-hybridized carbons (Fsp3) is 0.268. The number of ether oxygens (including phenoxy) is 4. The fourth-order valence-corrected chi connectivity index (χ4v) is 5.23. The second-order valence-electron chi connectivity index (χ2n) is 11.8. The zero-order valence-corrected chi connectivity index (χ0v) is 29.0. The van der Waals surface area contributed by atoms with Crippen LogP contribution in [0, 0.1) is 12.3 Å². The molecule has 52 heavy (non-hydrogen) atoms. The molecular weight excluding hydrogens is 656 g/mol. The molecule has 11 nitrogen and oxygen atoms in total. The van der Waals surface area contributed by atoms with E-state index in [9.17, 15) is 5.11 Å². The average Bonchev–Trinajstić information content (AvgIpc) is 3.67. The molecule has 0 saturated heterocycles. The van der Waals surface area contributed by atoms with Crippen LogP contribution in [0.3, 0.4) is 0 Å². The van der Waals surface area contributed by atoms with Crippen LogP contribution in [0.5, 0.6) is 23.0 Å². The lowest BCUT2D eigenvalue weighted by Crippen LogP contribution is -2.03. The molecule has 11 heteroatoms. The Hall–Kier alpha value is -6.21. The number of nitrogens with zero attached hydrogens (tertiary/aromatic N) is 6. The molecule has 266 valence electrons. The van der Waals surface area contributed by atoms with Crippen LogP contribution in [0.2, 0.25) is 0 Å². The predicted octanol–water partition coefficient (Wildman–Crippen LogP) is 9.13. The molecule has 0 fully saturated rings. The van der Waals surface area contributed by atoms with Gasteiger partial charge in [-0.2, -0.15) is 0 Å². The fourth-order valence-electron chi connectivity index (χ4n) is 5.23. The molecule has 0 aliphatic carbocycles. The molecule has 0 bridgehead atoms. The van der Waals surface area contributed by atoms with Crippen LogP contribution in [0.1, 0.15) is 55.3 Å². The van der Waals surface area contributed by atoms with E-state index < -0.39 is 0 Å². The Bertz CT molecular complexity index is 1980. The molecule has 5 aromatic rings. The number of aliphatic hydroxyl groups excluding tert-OH is 1. The number of aromatic nitrogens is 3. The molecule has 0 aliphatic rings. The standard InChI is InChI=1S/C41H42N6O5/c1-2-34(24-32-14-6-3-7-15-32)41-30-47(46-44-41)36-17-13-19-38(28-36)50-21-9-5-11-23-52-40-26-33(31-48)25-39(29-40)51-22-10-4-8-20-49-37-18-12-16-35(27-37)43-45-42/h1,3,6-7,12-19,24-30,48H,4-5,8-11,20-23,31H2/b34-24-. The number of azide groups is 1. The molecule has 1 aromatic heterocycles. The predicted molar refractivity (Wildman–Crippen MR) is 202 cm³/mol. The Kier molecular flexibility index (Phi) is 14.6. The Balaban J connectivity index is 0.978. The van der Waals surface area contributed by atoms with E-state index in [1.54, 1.807) is 22.9 Å². The molecule has 0 atom stereocenters. The van der Waals surface area contributed by atoms with E-state index in [0.717, 1.165) is 61.1 Å². The lowest BCUT2D eigenvalue weighted by Gasteiger charge is -2.12. The third-order valence-corrected chi connectivity index (χ3v) is 7.87. The summed E-state index contributed by atoms with van der Waals surface area (Å²) in [6, 6.07) is 30.2. The van der Waals surface area contributed by atoms with Gasteiger partial charge < -0.3 is 24.1 Å². The van der Waals surface area contributed by atoms with Crippen molar-refractivity contribution < 1.29 is 24.1 Å². The van der Waals surface area contributed by atoms with Crippen LogP contribution in [0.15, 0.2) is 108 Å². The van der Waals surface area contributed by atoms with E-state index in [1.165, 1.54) is 0 Å². The molecule has 0 amide bonds. The Labute approximate surface area is 304 Å². The zero-order valence-electron chi connectivity index (χ0n) is 29.0. The van der Waals surface area contributed by atoms with Crippen molar-refractivity contribution in [1.29, 1.82) is 0 Å². The molecule has 0 aliphatic heterocycles. The first-order valence-corrected chi connectivity index (χ1v) is 17.3. The van der Waals surface area contributed by atoms with Crippen LogP contribution in [0.4, 0.5) is 5.69 Å². The first kappa shape index (κ1) is 37.1. The molecular formula is C41H42N6O5. The van der Waals surface area contributed by atoms with Gasteiger partial charge in [-0.3, -0.25) is 0 Å². The van der Waals surface area contributed by atoms with E-state index >= 15 is 0 Å². The van der Waals surface area contributed by atoms with Gasteiger partial charge in [0.25, 0.3) is 0 Å². The normalized spacial score (nSPS) is 11.0. The highest BCUT2D eigenvalue weighted by Crippen LogP contribution is 2.25. The number of hydrogen-bond donors (Lipinski definition) is 1. The first-order valence-electron chi connectivity index (χ1n) is 17.3. The van der Waals surface area contributed by atoms with E-state index in [-0.39, 0.29) is 6.61 Å². The van der Waals surface area contributed by atoms with Gasteiger partial charge in [-0.25, -0.2) is 4.68 Å². The summed E-state index contributed by atoms with van der Waals surface area (Å²) in [6.07, 6.45) is 14.8. The summed E-state index contributed by atoms with van der Waals surface area (Å²) >= 11 is 0. The van der Waals surface area contributed by atoms with Crippen molar-refractivity contribution in [3.8, 4) is 41.0 Å². The molecule has 1 heterocycles. The molecule has 0 saturated carbocycles. The second-order valence-corrected chi connectivity index (χ2v) is 11.8. The van der Waals surface area contributed by atoms with Crippen LogP contribution >= 0.6 is 0 Å². The maximum absolute atomic E-state index is 9.74. The van der Waals surface area contributed by atoms with Gasteiger partial charge in [0.2, 0.25) is 0 Å². The SMILES string of the molecule is C#C/C(=C/c1ccccc1)c1cn(-c2cccc(OCCCCCOc3cc(CO)cc(OCCCCCOc4cccc(N=[N+]=[N-])c4)c3)c2)nn1. The minimum absolute atomic E-state index is 0.0976. The summed E-state index contributed by atoms with van der Waals surface area (Å²) in [4.78, 5) is 2.80. The summed E-state index contributed by atoms with van der Waals surface area (Å²) in [6.45, 7) is 2.12. The molecule has 1 N–H and O–H groups in total. The molecule has 0 spiro atoms. The highest BCUT2D eigenvalue weighted by molar-refractivity contribution is 5.89. The first-order chi connectivity index (χ1) is 25.6. The van der Waals surface area contributed by atoms with Gasteiger partial charge in [0.15, 0.2) is 0 Å². The van der Waals surface area contributed by atoms with Gasteiger partial charge in [0.1, 0.15) is 28.7 Å². The smallest absolute Gasteiger partial charge is 0.123 e. The second kappa shape index (κ2) is 20.5. The topological polar surface area (TPSA) is 137 Å². The minimum Gasteiger partial charge on any atom is -0.494 e. The molecule has 5 rings (SSSR count). The van der Waals surface area contributed by atoms with Crippen molar-refractivity contribution in [2.24, 2.45) is 5.11 Å². The number of hydrogen-bond acceptors (Lipinski definition) is 8. The summed E-state index contributed by atoms with van der Waals surface area (Å²) in [5.41, 5.74) is 12.9. The number of rotatable bonds is 21. The van der Waals surface area contributed by atoms with Gasteiger partial charge >= 0.3 is 0 Å². The van der Waals surface area contributed by atoms with Gasteiger partial charge in [-0.1, -0.05) is 64.8 Å². The third kappa shape index (κ3) is 12.0. The van der Waals surface area contributed by atoms with Crippen molar-refractivity contribution >= 4 is 17.3 Å². The number of aliphatic hydroxyl groups is 1. The van der Waals surface area contributed by atoms with Gasteiger partial charge in [-0.15, -0.1) is 11.5 Å². The lowest BCUT2D eigenvalue weighted by molar-refractivity contribution is 0.264. The number of benzene rings is 4. The van der Waals surface area contributed by atoms with Gasteiger partial charge in [0.05, 0.1) is 50.5 Å². The number of unbranched alkanes of at least 4 members (excludes halogenated alkanes) is 4. The number of terminal acetylenes is 1. The van der Waals surface area contributed by atoms with Crippen molar-refractivity contribution in [3.63, 3.8) is 0 Å². The van der Waals surface area contributed by atoms with Crippen molar-refractivity contribution in [1.82, 2.24) is 15.0 Å². The zero-order chi connectivity index (χ0) is 36.2. The van der Waals surface area contributed by atoms with Crippen LogP contribution in [-0.2, 0) is 6.61 Å². The monoisotopic (exact) mass is 698 g/mol. The maximum atomic E-state index is 9.74. The summed E-state index contributed by atoms with van der Waals surface area (Å²) < 4.78 is 25.4. The third-order valence-electron chi connectivity index (χ3n) is 7.87. The van der Waals surface area contributed by atoms with E-state index in [4.69, 9.17) is 30.9 Å². The quantitative estimate of drug-likeness (QED) is 0.0265. The number of allylic oxidation sites excluding steroid dienone is 1. The molecule has 0 radical (unpaired) electrons. The highest BCUT2D eigenvalue weighted by Gasteiger charge is 2.09. The maximum Gasteiger partial charge on any atom is 0.123 e. The summed E-state index contributed by atoms with van der Waals surface area (Å²) in [5.74, 6) is 5.49. The van der Waals surface area contributed by atoms with E-state index in [1.807, 2.05) is 91.1 Å².